The van der Waals surface area contributed by atoms with Crippen LogP contribution in [0.2, 0.25) is 0 Å². The van der Waals surface area contributed by atoms with Gasteiger partial charge in [0, 0.05) is 36.4 Å². The highest BCUT2D eigenvalue weighted by atomic mass is 32.2. The Hall–Kier alpha value is -6.41. The van der Waals surface area contributed by atoms with Gasteiger partial charge in [0.15, 0.2) is 6.61 Å². The van der Waals surface area contributed by atoms with Gasteiger partial charge in [-0.1, -0.05) is 48.9 Å². The minimum atomic E-state index is -3.97. The summed E-state index contributed by atoms with van der Waals surface area (Å²) in [6.45, 7) is 6.28. The first-order valence-corrected chi connectivity index (χ1v) is 20.0. The highest BCUT2D eigenvalue weighted by Crippen LogP contribution is 2.45. The number of hydrogen-bond donors (Lipinski definition) is 3. The van der Waals surface area contributed by atoms with Crippen LogP contribution in [0.3, 0.4) is 0 Å². The van der Waals surface area contributed by atoms with Crippen LogP contribution in [-0.4, -0.2) is 116 Å². The number of ether oxygens (including phenoxy) is 3. The first kappa shape index (κ1) is 41.2. The fraction of sp³-hybridized carbons (Fsp3) is 0.366. The lowest BCUT2D eigenvalue weighted by atomic mass is 10.1. The molecule has 0 spiro atoms. The lowest BCUT2D eigenvalue weighted by Gasteiger charge is -2.31. The van der Waals surface area contributed by atoms with Gasteiger partial charge in [-0.3, -0.25) is 23.9 Å². The van der Waals surface area contributed by atoms with Gasteiger partial charge >= 0.3 is 6.09 Å². The molecule has 2 aromatic carbocycles. The Kier molecular flexibility index (Phi) is 12.1. The number of amides is 5. The van der Waals surface area contributed by atoms with Gasteiger partial charge in [-0.15, -0.1) is 13.0 Å². The molecule has 0 radical (unpaired) electrons. The Bertz CT molecular complexity index is 2290. The van der Waals surface area contributed by atoms with Crippen molar-refractivity contribution in [1.29, 1.82) is 0 Å². The summed E-state index contributed by atoms with van der Waals surface area (Å²) in [5, 5.41) is 5.08. The SMILES string of the molecule is C#CCOC(=O)N[C@@H](CN(C)C(=O)C=C)C(=O)N1C[C@H](Oc2cc(-c3ccccc3)nc3ccc(OC)cc23)C[C@H]1C(=O)N[C@]1(C(=O)NS(=O)(=O)C2CC2)C[C@H]1C=C. The van der Waals surface area contributed by atoms with Gasteiger partial charge < -0.3 is 34.6 Å². The van der Waals surface area contributed by atoms with E-state index in [1.165, 1.54) is 25.1 Å². The second kappa shape index (κ2) is 17.0. The molecule has 2 heterocycles. The fourth-order valence-electron chi connectivity index (χ4n) is 6.93. The van der Waals surface area contributed by atoms with Crippen molar-refractivity contribution in [3.8, 4) is 35.1 Å². The van der Waals surface area contributed by atoms with E-state index in [1.54, 1.807) is 24.3 Å². The van der Waals surface area contributed by atoms with Gasteiger partial charge in [0.2, 0.25) is 27.7 Å². The molecule has 17 heteroatoms. The molecule has 58 heavy (non-hydrogen) atoms. The van der Waals surface area contributed by atoms with Gasteiger partial charge in [-0.05, 0) is 43.5 Å². The van der Waals surface area contributed by atoms with Crippen molar-refractivity contribution in [2.75, 3.05) is 33.9 Å². The maximum atomic E-state index is 14.6. The molecule has 5 atom stereocenters. The zero-order valence-electron chi connectivity index (χ0n) is 32.0. The number of benzene rings is 2. The number of terminal acetylenes is 1. The summed E-state index contributed by atoms with van der Waals surface area (Å²) in [4.78, 5) is 75.0. The van der Waals surface area contributed by atoms with Crippen LogP contribution in [0.15, 0.2) is 79.9 Å². The Morgan fingerprint density at radius 3 is 2.50 bits per heavy atom. The van der Waals surface area contributed by atoms with Gasteiger partial charge in [-0.25, -0.2) is 18.2 Å². The lowest BCUT2D eigenvalue weighted by Crippen LogP contribution is -2.59. The molecule has 1 aromatic heterocycles. The number of likely N-dealkylation sites (tertiary alicyclic amines) is 1. The van der Waals surface area contributed by atoms with Crippen LogP contribution in [0, 0.1) is 18.3 Å². The van der Waals surface area contributed by atoms with Crippen LogP contribution in [-0.2, 0) is 33.9 Å². The van der Waals surface area contributed by atoms with E-state index in [-0.39, 0.29) is 25.9 Å². The molecule has 3 aromatic rings. The number of sulfonamides is 1. The number of carbonyl (C=O) groups is 5. The number of alkyl carbamates (subject to hydrolysis) is 1. The number of pyridine rings is 1. The number of carbonyl (C=O) groups excluding carboxylic acids is 5. The summed E-state index contributed by atoms with van der Waals surface area (Å²) >= 11 is 0. The summed E-state index contributed by atoms with van der Waals surface area (Å²) in [6.07, 6.45) is 6.64. The van der Waals surface area contributed by atoms with Gasteiger partial charge in [-0.2, -0.15) is 0 Å². The monoisotopic (exact) mass is 812 g/mol. The van der Waals surface area contributed by atoms with Crippen LogP contribution < -0.4 is 24.8 Å². The normalized spacial score (nSPS) is 21.4. The van der Waals surface area contributed by atoms with Crippen molar-refractivity contribution in [2.24, 2.45) is 5.92 Å². The van der Waals surface area contributed by atoms with Gasteiger partial charge in [0.1, 0.15) is 35.2 Å². The topological polar surface area (TPSA) is 203 Å². The molecule has 2 aliphatic carbocycles. The molecule has 6 rings (SSSR count). The van der Waals surface area contributed by atoms with E-state index >= 15 is 0 Å². The lowest BCUT2D eigenvalue weighted by molar-refractivity contribution is -0.141. The largest absolute Gasteiger partial charge is 0.497 e. The highest BCUT2D eigenvalue weighted by molar-refractivity contribution is 7.91. The number of likely N-dealkylation sites (N-methyl/N-ethyl adjacent to an activating group) is 1. The second-order valence-corrected chi connectivity index (χ2v) is 16.3. The molecule has 304 valence electrons. The quantitative estimate of drug-likeness (QED) is 0.109. The number of hydrogen-bond acceptors (Lipinski definition) is 11. The van der Waals surface area contributed by atoms with Crippen molar-refractivity contribution >= 4 is 50.6 Å². The molecule has 16 nitrogen and oxygen atoms in total. The van der Waals surface area contributed by atoms with Crippen LogP contribution in [0.1, 0.15) is 25.7 Å². The molecule has 5 amide bonds. The maximum absolute atomic E-state index is 14.6. The highest BCUT2D eigenvalue weighted by Gasteiger charge is 2.62. The van der Waals surface area contributed by atoms with Crippen LogP contribution >= 0.6 is 0 Å². The van der Waals surface area contributed by atoms with Crippen molar-refractivity contribution < 1.29 is 46.6 Å². The molecular weight excluding hydrogens is 769 g/mol. The molecule has 1 aliphatic heterocycles. The van der Waals surface area contributed by atoms with Crippen LogP contribution in [0.5, 0.6) is 11.5 Å². The molecule has 3 N–H and O–H groups in total. The number of nitrogens with one attached hydrogen (secondary N) is 3. The molecule has 3 aliphatic rings. The van der Waals surface area contributed by atoms with Crippen molar-refractivity contribution in [3.05, 3.63) is 79.9 Å². The van der Waals surface area contributed by atoms with E-state index < -0.39 is 81.2 Å². The molecule has 0 bridgehead atoms. The zero-order chi connectivity index (χ0) is 41.8. The third kappa shape index (κ3) is 8.92. The number of nitrogens with zero attached hydrogens (tertiary/aromatic N) is 3. The van der Waals surface area contributed by atoms with E-state index in [0.29, 0.717) is 40.9 Å². The fourth-order valence-corrected chi connectivity index (χ4v) is 8.29. The Morgan fingerprint density at radius 1 is 1.12 bits per heavy atom. The van der Waals surface area contributed by atoms with Gasteiger partial charge in [0.05, 0.1) is 36.7 Å². The number of aromatic nitrogens is 1. The summed E-state index contributed by atoms with van der Waals surface area (Å²) < 4.78 is 44.7. The predicted octanol–water partition coefficient (Wildman–Crippen LogP) is 2.30. The van der Waals surface area contributed by atoms with Gasteiger partial charge in [0.25, 0.3) is 5.91 Å². The first-order chi connectivity index (χ1) is 27.7. The second-order valence-electron chi connectivity index (χ2n) is 14.3. The maximum Gasteiger partial charge on any atom is 0.408 e. The average Bonchev–Trinajstić information content (AvgIpc) is 4.16. The Balaban J connectivity index is 1.35. The third-order valence-electron chi connectivity index (χ3n) is 10.3. The van der Waals surface area contributed by atoms with Crippen LogP contribution in [0.4, 0.5) is 4.79 Å². The Morgan fingerprint density at radius 2 is 1.86 bits per heavy atom. The van der Waals surface area contributed by atoms with E-state index in [9.17, 15) is 32.4 Å². The smallest absolute Gasteiger partial charge is 0.408 e. The van der Waals surface area contributed by atoms with Crippen molar-refractivity contribution in [2.45, 2.75) is 54.7 Å². The minimum Gasteiger partial charge on any atom is -0.497 e. The van der Waals surface area contributed by atoms with Crippen molar-refractivity contribution in [3.63, 3.8) is 0 Å². The van der Waals surface area contributed by atoms with E-state index in [2.05, 4.69) is 34.4 Å². The van der Waals surface area contributed by atoms with E-state index in [1.807, 2.05) is 30.3 Å². The average molecular weight is 813 g/mol. The molecular formula is C41H44N6O10S. The number of rotatable bonds is 16. The van der Waals surface area contributed by atoms with E-state index in [0.717, 1.165) is 16.5 Å². The summed E-state index contributed by atoms with van der Waals surface area (Å²) in [7, 11) is -1.05. The molecule has 3 fully saturated rings. The predicted molar refractivity (Wildman–Crippen MR) is 212 cm³/mol. The molecule has 2 saturated carbocycles. The first-order valence-electron chi connectivity index (χ1n) is 18.5. The standard InChI is InChI=1S/C41H44N6O10S/c1-6-18-56-40(52)43-33(24-46(4)36(48)8-3)38(50)47-23-28(20-34(47)37(49)44-41(22-26(41)7-2)39(51)45-58(53,54)29-15-16-29)57-35-21-32(25-12-10-9-11-13-25)42-31-17-14-27(55-5)19-30(31)35/h1,7-14,17,19,21,26,28-29,33-34H,2-3,15-16,18,20,22-24H2,4-5H3,(H,43,52)(H,44,49)(H,45,51)/t26-,28-,33+,34+,41-/m1/s1. The zero-order valence-corrected chi connectivity index (χ0v) is 32.8. The van der Waals surface area contributed by atoms with Crippen molar-refractivity contribution in [1.82, 2.24) is 30.1 Å². The summed E-state index contributed by atoms with van der Waals surface area (Å²) in [5.74, 6) is -0.562. The number of fused-ring (bicyclic) bond motifs is 1. The Labute approximate surface area is 336 Å². The van der Waals surface area contributed by atoms with Crippen LogP contribution in [0.25, 0.3) is 22.2 Å². The minimum absolute atomic E-state index is 0.0710. The molecule has 1 saturated heterocycles. The number of methoxy groups -OCH3 is 1. The summed E-state index contributed by atoms with van der Waals surface area (Å²) in [6, 6.07) is 13.7. The third-order valence-corrected chi connectivity index (χ3v) is 12.1. The summed E-state index contributed by atoms with van der Waals surface area (Å²) in [5.41, 5.74) is 0.337. The molecule has 0 unspecified atom stereocenters. The van der Waals surface area contributed by atoms with E-state index in [4.69, 9.17) is 25.6 Å².